The van der Waals surface area contributed by atoms with Crippen LogP contribution in [-0.4, -0.2) is 40.4 Å². The van der Waals surface area contributed by atoms with E-state index in [1.165, 1.54) is 6.07 Å². The highest BCUT2D eigenvalue weighted by Gasteiger charge is 2.23. The van der Waals surface area contributed by atoms with E-state index in [0.717, 1.165) is 49.2 Å². The van der Waals surface area contributed by atoms with Crippen molar-refractivity contribution in [2.24, 2.45) is 0 Å². The van der Waals surface area contributed by atoms with Gasteiger partial charge in [0.1, 0.15) is 11.5 Å². The highest BCUT2D eigenvalue weighted by atomic mass is 16.6. The largest absolute Gasteiger partial charge is 0.366 e. The summed E-state index contributed by atoms with van der Waals surface area (Å²) in [6.45, 7) is 2.10. The molecule has 1 amide bonds. The number of rotatable bonds is 7. The summed E-state index contributed by atoms with van der Waals surface area (Å²) in [5, 5.41) is 14.3. The number of H-pyrrole nitrogens is 1. The van der Waals surface area contributed by atoms with Crippen molar-refractivity contribution in [1.29, 1.82) is 0 Å². The molecule has 1 fully saturated rings. The molecule has 2 heterocycles. The van der Waals surface area contributed by atoms with Crippen LogP contribution in [0.1, 0.15) is 35.4 Å². The zero-order valence-electron chi connectivity index (χ0n) is 16.1. The van der Waals surface area contributed by atoms with Crippen molar-refractivity contribution < 1.29 is 9.72 Å². The SMILES string of the molecule is O=C(NCCCc1nc2ccccc2[nH]1)c1ccc(N2CCCC2)c([N+](=O)[O-])c1. The summed E-state index contributed by atoms with van der Waals surface area (Å²) in [6.07, 6.45) is 3.50. The standard InChI is InChI=1S/C21H23N5O3/c27-21(22-11-5-8-20-23-16-6-1-2-7-17(16)24-20)15-9-10-18(19(14-15)26(28)29)25-12-3-4-13-25/h1-2,6-7,9-10,14H,3-5,8,11-13H2,(H,22,27)(H,23,24). The van der Waals surface area contributed by atoms with E-state index in [1.807, 2.05) is 29.2 Å². The first kappa shape index (κ1) is 18.9. The summed E-state index contributed by atoms with van der Waals surface area (Å²) in [5.41, 5.74) is 2.81. The lowest BCUT2D eigenvalue weighted by Crippen LogP contribution is -2.25. The van der Waals surface area contributed by atoms with Crippen LogP contribution < -0.4 is 10.2 Å². The Morgan fingerprint density at radius 2 is 2.00 bits per heavy atom. The predicted octanol–water partition coefficient (Wildman–Crippen LogP) is 3.43. The Balaban J connectivity index is 1.35. The van der Waals surface area contributed by atoms with Crippen molar-refractivity contribution in [3.63, 3.8) is 0 Å². The molecule has 3 aromatic rings. The lowest BCUT2D eigenvalue weighted by Gasteiger charge is -2.17. The molecule has 29 heavy (non-hydrogen) atoms. The Morgan fingerprint density at radius 3 is 2.76 bits per heavy atom. The molecular weight excluding hydrogens is 370 g/mol. The van der Waals surface area contributed by atoms with Crippen LogP contribution >= 0.6 is 0 Å². The fourth-order valence-corrected chi connectivity index (χ4v) is 3.72. The molecule has 8 heteroatoms. The predicted molar refractivity (Wildman–Crippen MR) is 111 cm³/mol. The number of nitrogens with zero attached hydrogens (tertiary/aromatic N) is 3. The molecule has 0 spiro atoms. The molecular formula is C21H23N5O3. The number of imidazole rings is 1. The van der Waals surface area contributed by atoms with Gasteiger partial charge in [0.15, 0.2) is 0 Å². The van der Waals surface area contributed by atoms with Gasteiger partial charge in [0.25, 0.3) is 11.6 Å². The first-order valence-electron chi connectivity index (χ1n) is 9.87. The maximum absolute atomic E-state index is 12.4. The monoisotopic (exact) mass is 393 g/mol. The molecule has 150 valence electrons. The number of nitro benzene ring substituents is 1. The van der Waals surface area contributed by atoms with Gasteiger partial charge in [-0.3, -0.25) is 14.9 Å². The van der Waals surface area contributed by atoms with Gasteiger partial charge < -0.3 is 15.2 Å². The Bertz CT molecular complexity index is 1010. The molecule has 0 bridgehead atoms. The number of anilines is 1. The number of hydrogen-bond acceptors (Lipinski definition) is 5. The van der Waals surface area contributed by atoms with Gasteiger partial charge in [-0.05, 0) is 43.5 Å². The Kier molecular flexibility index (Phi) is 5.41. The summed E-state index contributed by atoms with van der Waals surface area (Å²) < 4.78 is 0. The molecule has 2 N–H and O–H groups in total. The number of aromatic amines is 1. The van der Waals surface area contributed by atoms with Crippen molar-refractivity contribution in [2.45, 2.75) is 25.7 Å². The van der Waals surface area contributed by atoms with Crippen LogP contribution in [0.5, 0.6) is 0 Å². The van der Waals surface area contributed by atoms with E-state index >= 15 is 0 Å². The highest BCUT2D eigenvalue weighted by molar-refractivity contribution is 5.95. The average Bonchev–Trinajstić information content (AvgIpc) is 3.40. The number of nitrogens with one attached hydrogen (secondary N) is 2. The fourth-order valence-electron chi connectivity index (χ4n) is 3.72. The highest BCUT2D eigenvalue weighted by Crippen LogP contribution is 2.31. The molecule has 0 aliphatic carbocycles. The van der Waals surface area contributed by atoms with E-state index in [0.29, 0.717) is 24.2 Å². The van der Waals surface area contributed by atoms with E-state index in [1.54, 1.807) is 12.1 Å². The first-order chi connectivity index (χ1) is 14.1. The Morgan fingerprint density at radius 1 is 1.21 bits per heavy atom. The molecule has 1 aliphatic heterocycles. The second kappa shape index (κ2) is 8.30. The topological polar surface area (TPSA) is 104 Å². The second-order valence-corrected chi connectivity index (χ2v) is 7.21. The van der Waals surface area contributed by atoms with E-state index in [2.05, 4.69) is 15.3 Å². The molecule has 0 atom stereocenters. The molecule has 2 aromatic carbocycles. The van der Waals surface area contributed by atoms with Crippen LogP contribution in [0, 0.1) is 10.1 Å². The minimum Gasteiger partial charge on any atom is -0.366 e. The van der Waals surface area contributed by atoms with Crippen molar-refractivity contribution in [3.8, 4) is 0 Å². The lowest BCUT2D eigenvalue weighted by molar-refractivity contribution is -0.384. The number of carbonyl (C=O) groups excluding carboxylic acids is 1. The third-order valence-corrected chi connectivity index (χ3v) is 5.20. The smallest absolute Gasteiger partial charge is 0.293 e. The van der Waals surface area contributed by atoms with Gasteiger partial charge in [0.2, 0.25) is 0 Å². The van der Waals surface area contributed by atoms with Crippen LogP contribution in [-0.2, 0) is 6.42 Å². The summed E-state index contributed by atoms with van der Waals surface area (Å²) in [4.78, 5) is 33.3. The number of para-hydroxylation sites is 2. The third kappa shape index (κ3) is 4.21. The van der Waals surface area contributed by atoms with Gasteiger partial charge in [0, 0.05) is 37.7 Å². The van der Waals surface area contributed by atoms with Gasteiger partial charge in [-0.2, -0.15) is 0 Å². The van der Waals surface area contributed by atoms with Crippen LogP contribution in [0.15, 0.2) is 42.5 Å². The van der Waals surface area contributed by atoms with Gasteiger partial charge in [0.05, 0.1) is 16.0 Å². The number of nitro groups is 1. The van der Waals surface area contributed by atoms with Crippen molar-refractivity contribution in [1.82, 2.24) is 15.3 Å². The van der Waals surface area contributed by atoms with Gasteiger partial charge in [-0.15, -0.1) is 0 Å². The Labute approximate surface area is 168 Å². The van der Waals surface area contributed by atoms with Crippen molar-refractivity contribution >= 4 is 28.3 Å². The van der Waals surface area contributed by atoms with Crippen molar-refractivity contribution in [2.75, 3.05) is 24.5 Å². The number of aryl methyl sites for hydroxylation is 1. The van der Waals surface area contributed by atoms with Crippen LogP contribution in [0.25, 0.3) is 11.0 Å². The quantitative estimate of drug-likeness (QED) is 0.364. The average molecular weight is 393 g/mol. The molecule has 1 saturated heterocycles. The first-order valence-corrected chi connectivity index (χ1v) is 9.87. The second-order valence-electron chi connectivity index (χ2n) is 7.21. The number of amides is 1. The maximum Gasteiger partial charge on any atom is 0.293 e. The molecule has 0 saturated carbocycles. The molecule has 0 radical (unpaired) electrons. The van der Waals surface area contributed by atoms with E-state index in [9.17, 15) is 14.9 Å². The normalized spacial score (nSPS) is 13.7. The van der Waals surface area contributed by atoms with Crippen LogP contribution in [0.2, 0.25) is 0 Å². The maximum atomic E-state index is 12.4. The molecule has 4 rings (SSSR count). The number of carbonyl (C=O) groups is 1. The summed E-state index contributed by atoms with van der Waals surface area (Å²) in [7, 11) is 0. The summed E-state index contributed by atoms with van der Waals surface area (Å²) >= 11 is 0. The van der Waals surface area contributed by atoms with E-state index in [-0.39, 0.29) is 11.6 Å². The summed E-state index contributed by atoms with van der Waals surface area (Å²) in [5.74, 6) is 0.580. The lowest BCUT2D eigenvalue weighted by atomic mass is 10.1. The minimum absolute atomic E-state index is 0.0122. The third-order valence-electron chi connectivity index (χ3n) is 5.20. The van der Waals surface area contributed by atoms with Crippen LogP contribution in [0.4, 0.5) is 11.4 Å². The van der Waals surface area contributed by atoms with Gasteiger partial charge in [-0.25, -0.2) is 4.98 Å². The molecule has 8 nitrogen and oxygen atoms in total. The number of fused-ring (bicyclic) bond motifs is 1. The fraction of sp³-hybridized carbons (Fsp3) is 0.333. The minimum atomic E-state index is -0.411. The van der Waals surface area contributed by atoms with Crippen LogP contribution in [0.3, 0.4) is 0 Å². The zero-order valence-corrected chi connectivity index (χ0v) is 16.1. The molecule has 0 unspecified atom stereocenters. The summed E-state index contributed by atoms with van der Waals surface area (Å²) in [6, 6.07) is 12.6. The number of hydrogen-bond donors (Lipinski definition) is 2. The van der Waals surface area contributed by atoms with E-state index in [4.69, 9.17) is 0 Å². The van der Waals surface area contributed by atoms with E-state index < -0.39 is 4.92 Å². The van der Waals surface area contributed by atoms with Crippen molar-refractivity contribution in [3.05, 3.63) is 64.0 Å². The molecule has 1 aromatic heterocycles. The number of benzene rings is 2. The number of aromatic nitrogens is 2. The molecule has 1 aliphatic rings. The zero-order chi connectivity index (χ0) is 20.2. The van der Waals surface area contributed by atoms with Gasteiger partial charge in [-0.1, -0.05) is 12.1 Å². The van der Waals surface area contributed by atoms with Gasteiger partial charge >= 0.3 is 0 Å². The Hall–Kier alpha value is -3.42.